The second-order valence-corrected chi connectivity index (χ2v) is 5.33. The van der Waals surface area contributed by atoms with Gasteiger partial charge in [0.25, 0.3) is 0 Å². The van der Waals surface area contributed by atoms with Crippen LogP contribution in [0.2, 0.25) is 10.3 Å². The first-order valence-electron chi connectivity index (χ1n) is 4.94. The van der Waals surface area contributed by atoms with E-state index in [0.29, 0.717) is 16.1 Å². The number of rotatable bonds is 1. The van der Waals surface area contributed by atoms with Crippen molar-refractivity contribution in [2.45, 2.75) is 13.8 Å². The molecule has 88 valence electrons. The van der Waals surface area contributed by atoms with Crippen LogP contribution < -0.4 is 0 Å². The Hall–Kier alpha value is -0.640. The summed E-state index contributed by atoms with van der Waals surface area (Å²) in [6, 6.07) is 5.52. The average Bonchev–Trinajstić information content (AvgIpc) is 2.23. The van der Waals surface area contributed by atoms with E-state index in [2.05, 4.69) is 25.9 Å². The number of halogens is 3. The third kappa shape index (κ3) is 2.79. The van der Waals surface area contributed by atoms with Crippen molar-refractivity contribution >= 4 is 39.1 Å². The number of aryl methyl sites for hydroxylation is 2. The first-order valence-corrected chi connectivity index (χ1v) is 6.49. The van der Waals surface area contributed by atoms with Crippen LogP contribution in [0.4, 0.5) is 0 Å². The highest BCUT2D eigenvalue weighted by molar-refractivity contribution is 9.10. The maximum Gasteiger partial charge on any atom is 0.162 e. The highest BCUT2D eigenvalue weighted by atomic mass is 79.9. The van der Waals surface area contributed by atoms with Gasteiger partial charge in [-0.3, -0.25) is 0 Å². The Kier molecular flexibility index (Phi) is 3.71. The molecule has 0 atom stereocenters. The summed E-state index contributed by atoms with van der Waals surface area (Å²) in [6.07, 6.45) is 0. The van der Waals surface area contributed by atoms with Crippen LogP contribution >= 0.6 is 39.1 Å². The highest BCUT2D eigenvalue weighted by Crippen LogP contribution is 2.28. The van der Waals surface area contributed by atoms with Crippen molar-refractivity contribution in [3.8, 4) is 11.4 Å². The van der Waals surface area contributed by atoms with Crippen LogP contribution in [0, 0.1) is 13.8 Å². The van der Waals surface area contributed by atoms with Crippen molar-refractivity contribution < 1.29 is 0 Å². The summed E-state index contributed by atoms with van der Waals surface area (Å²) < 4.78 is 1.09. The van der Waals surface area contributed by atoms with Crippen LogP contribution in [0.3, 0.4) is 0 Å². The van der Waals surface area contributed by atoms with Gasteiger partial charge >= 0.3 is 0 Å². The van der Waals surface area contributed by atoms with E-state index >= 15 is 0 Å². The molecule has 0 aliphatic carbocycles. The van der Waals surface area contributed by atoms with Gasteiger partial charge in [-0.25, -0.2) is 9.97 Å². The summed E-state index contributed by atoms with van der Waals surface area (Å²) in [5.74, 6) is 0.543. The first-order chi connectivity index (χ1) is 7.97. The number of hydrogen-bond donors (Lipinski definition) is 0. The normalized spacial score (nSPS) is 10.6. The predicted octanol–water partition coefficient (Wildman–Crippen LogP) is 4.83. The van der Waals surface area contributed by atoms with E-state index in [1.54, 1.807) is 0 Å². The zero-order valence-electron chi connectivity index (χ0n) is 9.26. The van der Waals surface area contributed by atoms with Gasteiger partial charge in [0.15, 0.2) is 5.82 Å². The third-order valence-electron chi connectivity index (χ3n) is 2.36. The summed E-state index contributed by atoms with van der Waals surface area (Å²) in [6.45, 7) is 4.04. The zero-order valence-corrected chi connectivity index (χ0v) is 12.4. The van der Waals surface area contributed by atoms with Gasteiger partial charge in [-0.05, 0) is 37.1 Å². The quantitative estimate of drug-likeness (QED) is 0.699. The predicted molar refractivity (Wildman–Crippen MR) is 74.7 cm³/mol. The molecule has 5 heteroatoms. The Morgan fingerprint density at radius 3 is 1.88 bits per heavy atom. The summed E-state index contributed by atoms with van der Waals surface area (Å²) in [5.41, 5.74) is 3.16. The van der Waals surface area contributed by atoms with E-state index in [-0.39, 0.29) is 0 Å². The molecule has 0 saturated carbocycles. The number of nitrogens with zero attached hydrogens (tertiary/aromatic N) is 2. The van der Waals surface area contributed by atoms with Crippen molar-refractivity contribution in [1.82, 2.24) is 9.97 Å². The lowest BCUT2D eigenvalue weighted by Gasteiger charge is -2.07. The molecular formula is C12H9BrCl2N2. The van der Waals surface area contributed by atoms with E-state index in [9.17, 15) is 0 Å². The SMILES string of the molecule is Cc1cc(-c2nc(Cl)cc(Cl)n2)cc(C)c1Br. The molecule has 0 aliphatic heterocycles. The minimum atomic E-state index is 0.346. The Morgan fingerprint density at radius 2 is 1.41 bits per heavy atom. The molecule has 17 heavy (non-hydrogen) atoms. The molecule has 1 aromatic heterocycles. The molecule has 1 heterocycles. The third-order valence-corrected chi connectivity index (χ3v) is 4.00. The molecular weight excluding hydrogens is 323 g/mol. The van der Waals surface area contributed by atoms with Gasteiger partial charge in [0.1, 0.15) is 10.3 Å². The fraction of sp³-hybridized carbons (Fsp3) is 0.167. The lowest BCUT2D eigenvalue weighted by molar-refractivity contribution is 1.17. The smallest absolute Gasteiger partial charge is 0.162 e. The molecule has 0 bridgehead atoms. The zero-order chi connectivity index (χ0) is 12.6. The number of benzene rings is 1. The molecule has 2 nitrogen and oxygen atoms in total. The summed E-state index contributed by atoms with van der Waals surface area (Å²) in [7, 11) is 0. The van der Waals surface area contributed by atoms with Crippen molar-refractivity contribution in [2.24, 2.45) is 0 Å². The summed E-state index contributed by atoms with van der Waals surface area (Å²) in [5, 5.41) is 0.691. The van der Waals surface area contributed by atoms with Crippen LogP contribution in [0.1, 0.15) is 11.1 Å². The fourth-order valence-electron chi connectivity index (χ4n) is 1.59. The van der Waals surface area contributed by atoms with Crippen LogP contribution in [0.25, 0.3) is 11.4 Å². The van der Waals surface area contributed by atoms with Crippen LogP contribution in [0.5, 0.6) is 0 Å². The molecule has 0 saturated heterocycles. The van der Waals surface area contributed by atoms with Gasteiger partial charge < -0.3 is 0 Å². The molecule has 1 aromatic carbocycles. The van der Waals surface area contributed by atoms with E-state index in [4.69, 9.17) is 23.2 Å². The van der Waals surface area contributed by atoms with E-state index in [1.165, 1.54) is 6.07 Å². The number of hydrogen-bond acceptors (Lipinski definition) is 2. The van der Waals surface area contributed by atoms with Gasteiger partial charge in [0.05, 0.1) is 0 Å². The topological polar surface area (TPSA) is 25.8 Å². The lowest BCUT2D eigenvalue weighted by Crippen LogP contribution is -1.92. The van der Waals surface area contributed by atoms with Gasteiger partial charge in [0, 0.05) is 16.1 Å². The van der Waals surface area contributed by atoms with Crippen molar-refractivity contribution in [2.75, 3.05) is 0 Å². The summed E-state index contributed by atoms with van der Waals surface area (Å²) >= 11 is 15.3. The van der Waals surface area contributed by atoms with Crippen LogP contribution in [0.15, 0.2) is 22.7 Å². The van der Waals surface area contributed by atoms with Gasteiger partial charge in [0.2, 0.25) is 0 Å². The van der Waals surface area contributed by atoms with Gasteiger partial charge in [-0.2, -0.15) is 0 Å². The molecule has 0 radical (unpaired) electrons. The fourth-order valence-corrected chi connectivity index (χ4v) is 2.25. The first kappa shape index (κ1) is 12.8. The Morgan fingerprint density at radius 1 is 0.941 bits per heavy atom. The Labute approximate surface area is 118 Å². The Balaban J connectivity index is 2.60. The number of aromatic nitrogens is 2. The molecule has 0 spiro atoms. The molecule has 0 fully saturated rings. The molecule has 0 aliphatic rings. The van der Waals surface area contributed by atoms with Crippen molar-refractivity contribution in [1.29, 1.82) is 0 Å². The monoisotopic (exact) mass is 330 g/mol. The van der Waals surface area contributed by atoms with Crippen molar-refractivity contribution in [3.63, 3.8) is 0 Å². The highest BCUT2D eigenvalue weighted by Gasteiger charge is 2.08. The van der Waals surface area contributed by atoms with Crippen LogP contribution in [-0.2, 0) is 0 Å². The molecule has 0 amide bonds. The molecule has 0 unspecified atom stereocenters. The van der Waals surface area contributed by atoms with Crippen molar-refractivity contribution in [3.05, 3.63) is 44.1 Å². The minimum absolute atomic E-state index is 0.346. The largest absolute Gasteiger partial charge is 0.216 e. The lowest BCUT2D eigenvalue weighted by atomic mass is 10.1. The second-order valence-electron chi connectivity index (χ2n) is 3.76. The van der Waals surface area contributed by atoms with E-state index in [0.717, 1.165) is 21.2 Å². The summed E-state index contributed by atoms with van der Waals surface area (Å²) in [4.78, 5) is 8.34. The van der Waals surface area contributed by atoms with Crippen LogP contribution in [-0.4, -0.2) is 9.97 Å². The van der Waals surface area contributed by atoms with Gasteiger partial charge in [-0.15, -0.1) is 0 Å². The standard InChI is InChI=1S/C12H9BrCl2N2/c1-6-3-8(4-7(2)11(6)13)12-16-9(14)5-10(15)17-12/h3-5H,1-2H3. The average molecular weight is 332 g/mol. The van der Waals surface area contributed by atoms with E-state index in [1.807, 2.05) is 26.0 Å². The minimum Gasteiger partial charge on any atom is -0.216 e. The Bertz CT molecular complexity index is 541. The molecule has 2 aromatic rings. The van der Waals surface area contributed by atoms with Gasteiger partial charge in [-0.1, -0.05) is 39.1 Å². The maximum absolute atomic E-state index is 5.87. The second kappa shape index (κ2) is 4.92. The molecule has 0 N–H and O–H groups in total. The molecule has 2 rings (SSSR count). The van der Waals surface area contributed by atoms with E-state index < -0.39 is 0 Å². The maximum atomic E-state index is 5.87.